The third kappa shape index (κ3) is 7.51. The second-order valence-corrected chi connectivity index (χ2v) is 8.43. The van der Waals surface area contributed by atoms with Gasteiger partial charge in [-0.1, -0.05) is 30.3 Å². The quantitative estimate of drug-likeness (QED) is 0.428. The fourth-order valence-corrected chi connectivity index (χ4v) is 3.50. The van der Waals surface area contributed by atoms with Gasteiger partial charge in [0.1, 0.15) is 5.75 Å². The van der Waals surface area contributed by atoms with Crippen molar-refractivity contribution in [2.75, 3.05) is 11.3 Å². The van der Waals surface area contributed by atoms with Crippen LogP contribution in [0.3, 0.4) is 0 Å². The number of carbonyl (C=O) groups is 2. The highest BCUT2D eigenvalue weighted by atomic mass is 32.2. The van der Waals surface area contributed by atoms with Gasteiger partial charge < -0.3 is 4.74 Å². The zero-order valence-corrected chi connectivity index (χ0v) is 18.6. The number of nitriles is 1. The van der Waals surface area contributed by atoms with Crippen molar-refractivity contribution in [1.82, 2.24) is 10.9 Å². The van der Waals surface area contributed by atoms with E-state index in [2.05, 4.69) is 15.6 Å². The van der Waals surface area contributed by atoms with Crippen LogP contribution in [0.4, 0.5) is 5.69 Å². The molecule has 0 saturated carbocycles. The van der Waals surface area contributed by atoms with Gasteiger partial charge in [0.25, 0.3) is 21.8 Å². The maximum atomic E-state index is 12.2. The van der Waals surface area contributed by atoms with Gasteiger partial charge in [0.2, 0.25) is 0 Å². The van der Waals surface area contributed by atoms with Crippen molar-refractivity contribution >= 4 is 33.6 Å². The second kappa shape index (κ2) is 11.3. The standard InChI is InChI=1S/C24H20N4O5S/c25-16-19-6-12-22(13-7-19)33-17-23(29)26-27-24(30)20-8-10-21(11-9-20)28-34(31,32)15-14-18-4-2-1-3-5-18/h1-15,28H,17H2,(H,26,29)(H,27,30)/b15-14+. The predicted octanol–water partition coefficient (Wildman–Crippen LogP) is 2.81. The average Bonchev–Trinajstić information content (AvgIpc) is 2.86. The molecule has 0 fully saturated rings. The first kappa shape index (κ1) is 24.0. The van der Waals surface area contributed by atoms with E-state index in [1.54, 1.807) is 48.5 Å². The molecule has 2 amide bonds. The number of rotatable bonds is 8. The van der Waals surface area contributed by atoms with Gasteiger partial charge in [-0.15, -0.1) is 0 Å². The Bertz CT molecular complexity index is 1310. The lowest BCUT2D eigenvalue weighted by Crippen LogP contribution is -2.43. The molecule has 0 spiro atoms. The number of nitrogens with zero attached hydrogens (tertiary/aromatic N) is 1. The number of sulfonamides is 1. The first-order valence-electron chi connectivity index (χ1n) is 9.93. The number of hydrazine groups is 1. The van der Waals surface area contributed by atoms with Gasteiger partial charge in [0.05, 0.1) is 17.0 Å². The van der Waals surface area contributed by atoms with Crippen molar-refractivity contribution in [1.29, 1.82) is 5.26 Å². The number of carbonyl (C=O) groups excluding carboxylic acids is 2. The molecule has 3 N–H and O–H groups in total. The Kier molecular flexibility index (Phi) is 7.99. The Morgan fingerprint density at radius 2 is 1.59 bits per heavy atom. The Balaban J connectivity index is 1.47. The van der Waals surface area contributed by atoms with Gasteiger partial charge in [-0.25, -0.2) is 8.42 Å². The fourth-order valence-electron chi connectivity index (χ4n) is 2.63. The van der Waals surface area contributed by atoms with Crippen LogP contribution in [0.5, 0.6) is 5.75 Å². The Morgan fingerprint density at radius 1 is 0.912 bits per heavy atom. The third-order valence-corrected chi connectivity index (χ3v) is 5.33. The number of anilines is 1. The number of hydrogen-bond acceptors (Lipinski definition) is 6. The highest BCUT2D eigenvalue weighted by Crippen LogP contribution is 2.13. The van der Waals surface area contributed by atoms with Crippen LogP contribution in [0.25, 0.3) is 6.08 Å². The molecule has 0 heterocycles. The molecular formula is C24H20N4O5S. The third-order valence-electron chi connectivity index (χ3n) is 4.32. The lowest BCUT2D eigenvalue weighted by molar-refractivity contribution is -0.123. The summed E-state index contributed by atoms with van der Waals surface area (Å²) in [6, 6.07) is 22.8. The maximum absolute atomic E-state index is 12.2. The van der Waals surface area contributed by atoms with Crippen molar-refractivity contribution in [2.45, 2.75) is 0 Å². The van der Waals surface area contributed by atoms with Gasteiger partial charge >= 0.3 is 0 Å². The minimum Gasteiger partial charge on any atom is -0.484 e. The first-order valence-corrected chi connectivity index (χ1v) is 11.5. The summed E-state index contributed by atoms with van der Waals surface area (Å²) >= 11 is 0. The summed E-state index contributed by atoms with van der Waals surface area (Å²) in [6.45, 7) is -0.344. The molecular weight excluding hydrogens is 456 g/mol. The zero-order chi connectivity index (χ0) is 24.4. The van der Waals surface area contributed by atoms with Crippen molar-refractivity contribution in [3.05, 3.63) is 101 Å². The van der Waals surface area contributed by atoms with Crippen molar-refractivity contribution in [3.8, 4) is 11.8 Å². The molecule has 172 valence electrons. The fraction of sp³-hybridized carbons (Fsp3) is 0.0417. The summed E-state index contributed by atoms with van der Waals surface area (Å²) in [5, 5.41) is 9.81. The van der Waals surface area contributed by atoms with E-state index in [0.717, 1.165) is 11.0 Å². The Morgan fingerprint density at radius 3 is 2.24 bits per heavy atom. The summed E-state index contributed by atoms with van der Waals surface area (Å²) in [4.78, 5) is 24.1. The van der Waals surface area contributed by atoms with Crippen LogP contribution in [0.1, 0.15) is 21.5 Å². The lowest BCUT2D eigenvalue weighted by Gasteiger charge is -2.09. The smallest absolute Gasteiger partial charge is 0.276 e. The second-order valence-electron chi connectivity index (χ2n) is 6.87. The minimum atomic E-state index is -3.74. The molecule has 3 aromatic rings. The zero-order valence-electron chi connectivity index (χ0n) is 17.8. The topological polar surface area (TPSA) is 137 Å². The molecule has 0 aliphatic heterocycles. The largest absolute Gasteiger partial charge is 0.484 e. The van der Waals surface area contributed by atoms with E-state index in [4.69, 9.17) is 10.00 Å². The molecule has 0 aliphatic rings. The van der Waals surface area contributed by atoms with E-state index in [1.807, 2.05) is 12.1 Å². The summed E-state index contributed by atoms with van der Waals surface area (Å²) in [6.07, 6.45) is 1.47. The highest BCUT2D eigenvalue weighted by molar-refractivity contribution is 7.95. The average molecular weight is 477 g/mol. The van der Waals surface area contributed by atoms with Crippen molar-refractivity contribution < 1.29 is 22.7 Å². The number of hydrogen-bond donors (Lipinski definition) is 3. The van der Waals surface area contributed by atoms with Gasteiger partial charge in [0, 0.05) is 11.3 Å². The molecule has 0 unspecified atom stereocenters. The van der Waals surface area contributed by atoms with Gasteiger partial charge in [-0.2, -0.15) is 5.26 Å². The molecule has 0 radical (unpaired) electrons. The lowest BCUT2D eigenvalue weighted by atomic mass is 10.2. The van der Waals surface area contributed by atoms with E-state index >= 15 is 0 Å². The van der Waals surface area contributed by atoms with Crippen molar-refractivity contribution in [3.63, 3.8) is 0 Å². The minimum absolute atomic E-state index is 0.205. The SMILES string of the molecule is N#Cc1ccc(OCC(=O)NNC(=O)c2ccc(NS(=O)(=O)/C=C/c3ccccc3)cc2)cc1. The van der Waals surface area contributed by atoms with Crippen LogP contribution in [-0.2, 0) is 14.8 Å². The molecule has 9 nitrogen and oxygen atoms in total. The summed E-state index contributed by atoms with van der Waals surface area (Å²) in [5.74, 6) is -0.783. The highest BCUT2D eigenvalue weighted by Gasteiger charge is 2.10. The predicted molar refractivity (Wildman–Crippen MR) is 127 cm³/mol. The van der Waals surface area contributed by atoms with Crippen LogP contribution in [0, 0.1) is 11.3 Å². The van der Waals surface area contributed by atoms with Crippen LogP contribution in [0.2, 0.25) is 0 Å². The van der Waals surface area contributed by atoms with Crippen LogP contribution in [0.15, 0.2) is 84.3 Å². The molecule has 10 heteroatoms. The molecule has 0 saturated heterocycles. The van der Waals surface area contributed by atoms with Gasteiger partial charge in [-0.3, -0.25) is 25.2 Å². The molecule has 0 aromatic heterocycles. The summed E-state index contributed by atoms with van der Waals surface area (Å²) in [7, 11) is -3.74. The molecule has 3 rings (SSSR count). The monoisotopic (exact) mass is 476 g/mol. The number of amides is 2. The number of benzene rings is 3. The Labute approximate surface area is 196 Å². The van der Waals surface area contributed by atoms with E-state index in [9.17, 15) is 18.0 Å². The normalized spacial score (nSPS) is 10.8. The molecule has 0 bridgehead atoms. The Hall–Kier alpha value is -4.62. The van der Waals surface area contributed by atoms with Crippen LogP contribution in [-0.4, -0.2) is 26.8 Å². The molecule has 34 heavy (non-hydrogen) atoms. The van der Waals surface area contributed by atoms with Crippen LogP contribution >= 0.6 is 0 Å². The van der Waals surface area contributed by atoms with Gasteiger partial charge in [0.15, 0.2) is 6.61 Å². The number of ether oxygens (including phenoxy) is 1. The molecule has 3 aromatic carbocycles. The van der Waals surface area contributed by atoms with Crippen molar-refractivity contribution in [2.24, 2.45) is 0 Å². The molecule has 0 atom stereocenters. The van der Waals surface area contributed by atoms with E-state index in [-0.39, 0.29) is 17.9 Å². The van der Waals surface area contributed by atoms with E-state index < -0.39 is 21.8 Å². The maximum Gasteiger partial charge on any atom is 0.276 e. The summed E-state index contributed by atoms with van der Waals surface area (Å²) in [5.41, 5.74) is 6.15. The first-order chi connectivity index (χ1) is 16.3. The summed E-state index contributed by atoms with van der Waals surface area (Å²) < 4.78 is 32.1. The van der Waals surface area contributed by atoms with Gasteiger partial charge in [-0.05, 0) is 60.2 Å². The molecule has 0 aliphatic carbocycles. The number of nitrogens with one attached hydrogen (secondary N) is 3. The van der Waals surface area contributed by atoms with E-state index in [1.165, 1.54) is 30.3 Å². The van der Waals surface area contributed by atoms with Crippen LogP contribution < -0.4 is 20.3 Å². The van der Waals surface area contributed by atoms with E-state index in [0.29, 0.717) is 11.3 Å².